The molecule has 2 aliphatic rings. The van der Waals surface area contributed by atoms with Gasteiger partial charge in [0.1, 0.15) is 0 Å². The molecule has 0 aromatic carbocycles. The van der Waals surface area contributed by atoms with Crippen LogP contribution in [0.25, 0.3) is 0 Å². The van der Waals surface area contributed by atoms with Gasteiger partial charge in [-0.15, -0.1) is 0 Å². The Bertz CT molecular complexity index is 119. The quantitative estimate of drug-likeness (QED) is 0.587. The molecule has 11 heavy (non-hydrogen) atoms. The molecule has 1 aliphatic carbocycles. The van der Waals surface area contributed by atoms with Crippen LogP contribution in [-0.4, -0.2) is 24.5 Å². The lowest BCUT2D eigenvalue weighted by molar-refractivity contribution is -0.0921. The fraction of sp³-hybridized carbons (Fsp3) is 1.00. The first-order valence-electron chi connectivity index (χ1n) is 5.00. The SMILES string of the molecule is CCC1CC2(C1)CN(CC)C2. The van der Waals surface area contributed by atoms with E-state index in [9.17, 15) is 0 Å². The highest BCUT2D eigenvalue weighted by atomic mass is 15.2. The van der Waals surface area contributed by atoms with Crippen molar-refractivity contribution in [2.75, 3.05) is 19.6 Å². The van der Waals surface area contributed by atoms with Gasteiger partial charge in [-0.05, 0) is 30.7 Å². The maximum atomic E-state index is 2.56. The van der Waals surface area contributed by atoms with Crippen molar-refractivity contribution in [2.45, 2.75) is 33.1 Å². The summed E-state index contributed by atoms with van der Waals surface area (Å²) in [5.74, 6) is 1.08. The van der Waals surface area contributed by atoms with Gasteiger partial charge >= 0.3 is 0 Å². The molecule has 1 saturated heterocycles. The zero-order chi connectivity index (χ0) is 7.90. The summed E-state index contributed by atoms with van der Waals surface area (Å²) in [5.41, 5.74) is 0.816. The monoisotopic (exact) mass is 153 g/mol. The lowest BCUT2D eigenvalue weighted by Gasteiger charge is -2.59. The molecule has 1 nitrogen and oxygen atoms in total. The lowest BCUT2D eigenvalue weighted by atomic mass is 9.57. The van der Waals surface area contributed by atoms with Gasteiger partial charge in [0, 0.05) is 13.1 Å². The fourth-order valence-corrected chi connectivity index (χ4v) is 2.84. The number of likely N-dealkylation sites (tertiary alicyclic amines) is 1. The van der Waals surface area contributed by atoms with Crippen molar-refractivity contribution in [1.29, 1.82) is 0 Å². The Morgan fingerprint density at radius 1 is 1.27 bits per heavy atom. The van der Waals surface area contributed by atoms with E-state index in [1.54, 1.807) is 0 Å². The first kappa shape index (κ1) is 7.60. The van der Waals surface area contributed by atoms with Crippen molar-refractivity contribution in [3.63, 3.8) is 0 Å². The molecule has 1 heteroatoms. The fourth-order valence-electron chi connectivity index (χ4n) is 2.84. The van der Waals surface area contributed by atoms with Gasteiger partial charge in [-0.2, -0.15) is 0 Å². The summed E-state index contributed by atoms with van der Waals surface area (Å²) >= 11 is 0. The molecule has 1 heterocycles. The highest BCUT2D eigenvalue weighted by Crippen LogP contribution is 2.52. The highest BCUT2D eigenvalue weighted by molar-refractivity contribution is 5.03. The Morgan fingerprint density at radius 3 is 2.36 bits per heavy atom. The van der Waals surface area contributed by atoms with Crippen LogP contribution >= 0.6 is 0 Å². The Hall–Kier alpha value is -0.0400. The Labute approximate surface area is 69.8 Å². The molecule has 1 saturated carbocycles. The van der Waals surface area contributed by atoms with E-state index in [-0.39, 0.29) is 0 Å². The molecule has 1 spiro atoms. The first-order chi connectivity index (χ1) is 5.28. The normalized spacial score (nSPS) is 30.0. The third kappa shape index (κ3) is 1.10. The zero-order valence-corrected chi connectivity index (χ0v) is 7.77. The molecule has 0 bridgehead atoms. The average molecular weight is 153 g/mol. The summed E-state index contributed by atoms with van der Waals surface area (Å²) in [7, 11) is 0. The van der Waals surface area contributed by atoms with Gasteiger partial charge in [0.2, 0.25) is 0 Å². The number of nitrogens with zero attached hydrogens (tertiary/aromatic N) is 1. The lowest BCUT2D eigenvalue weighted by Crippen LogP contribution is -2.61. The van der Waals surface area contributed by atoms with Crippen molar-refractivity contribution in [3.05, 3.63) is 0 Å². The summed E-state index contributed by atoms with van der Waals surface area (Å²) < 4.78 is 0. The highest BCUT2D eigenvalue weighted by Gasteiger charge is 2.50. The van der Waals surface area contributed by atoms with Gasteiger partial charge in [-0.3, -0.25) is 0 Å². The molecule has 0 radical (unpaired) electrons. The Kier molecular flexibility index (Phi) is 1.71. The van der Waals surface area contributed by atoms with E-state index < -0.39 is 0 Å². The zero-order valence-electron chi connectivity index (χ0n) is 7.77. The predicted octanol–water partition coefficient (Wildman–Crippen LogP) is 2.13. The molecule has 2 fully saturated rings. The molecular weight excluding hydrogens is 134 g/mol. The van der Waals surface area contributed by atoms with E-state index in [0.717, 1.165) is 11.3 Å². The van der Waals surface area contributed by atoms with Crippen LogP contribution in [0.4, 0.5) is 0 Å². The number of rotatable bonds is 2. The van der Waals surface area contributed by atoms with Crippen LogP contribution in [0.1, 0.15) is 33.1 Å². The summed E-state index contributed by atoms with van der Waals surface area (Å²) in [5, 5.41) is 0. The molecule has 0 aromatic heterocycles. The smallest absolute Gasteiger partial charge is 0.00506 e. The van der Waals surface area contributed by atoms with Crippen LogP contribution in [0.5, 0.6) is 0 Å². The molecule has 0 N–H and O–H groups in total. The minimum atomic E-state index is 0.816. The predicted molar refractivity (Wildman–Crippen MR) is 47.6 cm³/mol. The minimum Gasteiger partial charge on any atom is -0.302 e. The van der Waals surface area contributed by atoms with Crippen molar-refractivity contribution in [2.24, 2.45) is 11.3 Å². The average Bonchev–Trinajstić information content (AvgIpc) is 1.83. The van der Waals surface area contributed by atoms with Crippen molar-refractivity contribution in [1.82, 2.24) is 4.90 Å². The van der Waals surface area contributed by atoms with Crippen molar-refractivity contribution >= 4 is 0 Å². The summed E-state index contributed by atoms with van der Waals surface area (Å²) in [6.07, 6.45) is 4.47. The molecule has 64 valence electrons. The van der Waals surface area contributed by atoms with Gasteiger partial charge in [0.25, 0.3) is 0 Å². The molecule has 2 rings (SSSR count). The van der Waals surface area contributed by atoms with E-state index in [1.807, 2.05) is 0 Å². The molecule has 0 atom stereocenters. The third-order valence-corrected chi connectivity index (χ3v) is 3.59. The summed E-state index contributed by atoms with van der Waals surface area (Å²) in [6, 6.07) is 0. The first-order valence-corrected chi connectivity index (χ1v) is 5.00. The van der Waals surface area contributed by atoms with E-state index in [0.29, 0.717) is 0 Å². The molecule has 1 aliphatic heterocycles. The van der Waals surface area contributed by atoms with Crippen LogP contribution in [0.3, 0.4) is 0 Å². The van der Waals surface area contributed by atoms with Crippen molar-refractivity contribution < 1.29 is 0 Å². The second-order valence-electron chi connectivity index (χ2n) is 4.49. The molecule has 0 unspecified atom stereocenters. The maximum absolute atomic E-state index is 2.56. The van der Waals surface area contributed by atoms with Gasteiger partial charge in [-0.25, -0.2) is 0 Å². The van der Waals surface area contributed by atoms with Gasteiger partial charge < -0.3 is 4.90 Å². The molecule has 0 amide bonds. The Balaban J connectivity index is 1.75. The van der Waals surface area contributed by atoms with E-state index in [1.165, 1.54) is 38.9 Å². The largest absolute Gasteiger partial charge is 0.302 e. The number of hydrogen-bond acceptors (Lipinski definition) is 1. The summed E-state index contributed by atoms with van der Waals surface area (Å²) in [4.78, 5) is 2.56. The topological polar surface area (TPSA) is 3.24 Å². The van der Waals surface area contributed by atoms with Crippen LogP contribution < -0.4 is 0 Å². The van der Waals surface area contributed by atoms with Crippen LogP contribution in [0, 0.1) is 11.3 Å². The Morgan fingerprint density at radius 2 is 1.91 bits per heavy atom. The third-order valence-electron chi connectivity index (χ3n) is 3.59. The van der Waals surface area contributed by atoms with Gasteiger partial charge in [0.15, 0.2) is 0 Å². The van der Waals surface area contributed by atoms with Crippen molar-refractivity contribution in [3.8, 4) is 0 Å². The second-order valence-corrected chi connectivity index (χ2v) is 4.49. The maximum Gasteiger partial charge on any atom is 0.00506 e. The molecule has 0 aromatic rings. The van der Waals surface area contributed by atoms with Gasteiger partial charge in [-0.1, -0.05) is 20.3 Å². The summed E-state index contributed by atoms with van der Waals surface area (Å²) in [6.45, 7) is 8.66. The van der Waals surface area contributed by atoms with E-state index in [4.69, 9.17) is 0 Å². The van der Waals surface area contributed by atoms with Crippen LogP contribution in [-0.2, 0) is 0 Å². The van der Waals surface area contributed by atoms with Crippen LogP contribution in [0.15, 0.2) is 0 Å². The van der Waals surface area contributed by atoms with E-state index in [2.05, 4.69) is 18.7 Å². The minimum absolute atomic E-state index is 0.816. The van der Waals surface area contributed by atoms with Crippen LogP contribution in [0.2, 0.25) is 0 Å². The van der Waals surface area contributed by atoms with E-state index >= 15 is 0 Å². The van der Waals surface area contributed by atoms with Gasteiger partial charge in [0.05, 0.1) is 0 Å². The number of hydrogen-bond donors (Lipinski definition) is 0. The second kappa shape index (κ2) is 2.48. The molecular formula is C10H19N. The standard InChI is InChI=1S/C10H19N/c1-3-9-5-10(6-9)7-11(4-2)8-10/h9H,3-8H2,1-2H3.